The van der Waals surface area contributed by atoms with Gasteiger partial charge >= 0.3 is 83.0 Å². The van der Waals surface area contributed by atoms with E-state index in [1.165, 1.54) is 0 Å². The van der Waals surface area contributed by atoms with E-state index in [9.17, 15) is 19.2 Å². The number of carboxylic acid groups (broad SMARTS) is 4. The summed E-state index contributed by atoms with van der Waals surface area (Å²) < 4.78 is 0. The summed E-state index contributed by atoms with van der Waals surface area (Å²) >= 11 is 0. The molecule has 130 valence electrons. The van der Waals surface area contributed by atoms with Gasteiger partial charge in [-0.2, -0.15) is 0 Å². The van der Waals surface area contributed by atoms with Gasteiger partial charge in [0.15, 0.2) is 0 Å². The number of hydrogen-bond donors (Lipinski definition) is 4. The maximum absolute atomic E-state index is 10.6. The Morgan fingerprint density at radius 3 is 0.833 bits per heavy atom. The Kier molecular flexibility index (Phi) is 27.7. The van der Waals surface area contributed by atoms with Crippen LogP contribution in [0.15, 0.2) is 0 Å². The molecule has 0 amide bonds. The molecule has 0 bridgehead atoms. The Balaban J connectivity index is -0.000000301. The van der Waals surface area contributed by atoms with E-state index in [1.54, 1.807) is 0 Å². The summed E-state index contributed by atoms with van der Waals surface area (Å²) in [5, 5.41) is 34.5. The molecule has 0 aromatic heterocycles. The zero-order chi connectivity index (χ0) is 15.7. The first kappa shape index (κ1) is 34.9. The first-order chi connectivity index (χ1) is 9.20. The molecule has 0 spiro atoms. The summed E-state index contributed by atoms with van der Waals surface area (Å²) in [6.07, 6.45) is 0. The van der Waals surface area contributed by atoms with Crippen molar-refractivity contribution in [3.63, 3.8) is 0 Å². The van der Waals surface area contributed by atoms with Gasteiger partial charge in [0, 0.05) is 13.1 Å². The van der Waals surface area contributed by atoms with Crippen molar-refractivity contribution in [2.24, 2.45) is 0 Å². The van der Waals surface area contributed by atoms with E-state index < -0.39 is 50.1 Å². The molecule has 8 N–H and O–H groups in total. The monoisotopic (exact) mass is 374 g/mol. The summed E-state index contributed by atoms with van der Waals surface area (Å²) in [5.41, 5.74) is 0. The second-order valence-corrected chi connectivity index (χ2v) is 4.00. The molecule has 12 nitrogen and oxygen atoms in total. The van der Waals surface area contributed by atoms with Crippen molar-refractivity contribution < 1.29 is 110 Å². The minimum atomic E-state index is -1.23. The van der Waals surface area contributed by atoms with Crippen LogP contribution in [0.5, 0.6) is 0 Å². The fraction of sp³-hybridized carbons (Fsp3) is 0.600. The predicted octanol–water partition coefficient (Wildman–Crippen LogP) is -9.71. The fourth-order valence-corrected chi connectivity index (χ4v) is 1.48. The van der Waals surface area contributed by atoms with Crippen LogP contribution in [0.3, 0.4) is 0 Å². The SMILES string of the molecule is O.O.O=C(O)CN(CCN(CC(=O)O)CC(=O)O)CC(=O)O.[Na+].[Na+]. The molecule has 0 saturated carbocycles. The van der Waals surface area contributed by atoms with E-state index in [1.807, 2.05) is 0 Å². The minimum Gasteiger partial charge on any atom is -0.480 e. The van der Waals surface area contributed by atoms with E-state index in [2.05, 4.69) is 0 Å². The van der Waals surface area contributed by atoms with Crippen molar-refractivity contribution in [3.8, 4) is 0 Å². The average Bonchev–Trinajstić information content (AvgIpc) is 2.22. The standard InChI is InChI=1S/C10H16N2O8.2Na.2H2O/c13-7(14)3-11(4-8(15)16)1-2-12(5-9(17)18)6-10(19)20;;;;/h1-6H2,(H,13,14)(H,15,16)(H,17,18)(H,19,20);;;2*1H2/q;2*+1;;. The third-order valence-corrected chi connectivity index (χ3v) is 2.17. The van der Waals surface area contributed by atoms with E-state index in [-0.39, 0.29) is 83.2 Å². The second kappa shape index (κ2) is 19.1. The Morgan fingerprint density at radius 1 is 0.542 bits per heavy atom. The Morgan fingerprint density at radius 2 is 0.708 bits per heavy atom. The Hall–Kier alpha value is -0.280. The van der Waals surface area contributed by atoms with E-state index in [0.29, 0.717) is 0 Å². The summed E-state index contributed by atoms with van der Waals surface area (Å²) in [5.74, 6) is -4.91. The van der Waals surface area contributed by atoms with Crippen LogP contribution in [-0.2, 0) is 19.2 Å². The molecule has 0 fully saturated rings. The molecule has 0 aromatic carbocycles. The fourth-order valence-electron chi connectivity index (χ4n) is 1.48. The number of hydrogen-bond acceptors (Lipinski definition) is 6. The molecule has 24 heavy (non-hydrogen) atoms. The van der Waals surface area contributed by atoms with Crippen molar-refractivity contribution in [1.29, 1.82) is 0 Å². The van der Waals surface area contributed by atoms with Crippen LogP contribution in [0, 0.1) is 0 Å². The molecular formula is C10H20N2Na2O10+2. The van der Waals surface area contributed by atoms with Gasteiger partial charge in [-0.05, 0) is 0 Å². The molecule has 14 heteroatoms. The number of rotatable bonds is 11. The normalized spacial score (nSPS) is 8.92. The third-order valence-electron chi connectivity index (χ3n) is 2.17. The third kappa shape index (κ3) is 21.7. The van der Waals surface area contributed by atoms with Crippen LogP contribution in [-0.4, -0.2) is 104 Å². The summed E-state index contributed by atoms with van der Waals surface area (Å²) in [6.45, 7) is -2.25. The van der Waals surface area contributed by atoms with Crippen LogP contribution in [0.4, 0.5) is 0 Å². The van der Waals surface area contributed by atoms with Gasteiger partial charge in [0.2, 0.25) is 0 Å². The van der Waals surface area contributed by atoms with Crippen molar-refractivity contribution >= 4 is 23.9 Å². The quantitative estimate of drug-likeness (QED) is 0.250. The van der Waals surface area contributed by atoms with Crippen LogP contribution in [0.2, 0.25) is 0 Å². The number of carbonyl (C=O) groups is 4. The van der Waals surface area contributed by atoms with E-state index in [4.69, 9.17) is 20.4 Å². The molecule has 0 unspecified atom stereocenters. The zero-order valence-electron chi connectivity index (χ0n) is 13.6. The van der Waals surface area contributed by atoms with Crippen LogP contribution < -0.4 is 59.1 Å². The van der Waals surface area contributed by atoms with E-state index in [0.717, 1.165) is 9.80 Å². The maximum Gasteiger partial charge on any atom is 1.00 e. The van der Waals surface area contributed by atoms with Crippen LogP contribution in [0.1, 0.15) is 0 Å². The summed E-state index contributed by atoms with van der Waals surface area (Å²) in [4.78, 5) is 44.4. The molecule has 0 rings (SSSR count). The number of carboxylic acids is 4. The van der Waals surface area contributed by atoms with Gasteiger partial charge in [-0.25, -0.2) is 0 Å². The zero-order valence-corrected chi connectivity index (χ0v) is 17.6. The summed E-state index contributed by atoms with van der Waals surface area (Å²) in [6, 6.07) is 0. The first-order valence-electron chi connectivity index (χ1n) is 5.52. The number of aliphatic carboxylic acids is 4. The van der Waals surface area contributed by atoms with Gasteiger partial charge in [-0.3, -0.25) is 29.0 Å². The predicted molar refractivity (Wildman–Crippen MR) is 70.7 cm³/mol. The van der Waals surface area contributed by atoms with Gasteiger partial charge < -0.3 is 31.4 Å². The molecule has 0 atom stereocenters. The topological polar surface area (TPSA) is 219 Å². The second-order valence-electron chi connectivity index (χ2n) is 4.00. The maximum atomic E-state index is 10.6. The minimum absolute atomic E-state index is 0. The van der Waals surface area contributed by atoms with Gasteiger partial charge in [0.05, 0.1) is 26.2 Å². The van der Waals surface area contributed by atoms with Crippen LogP contribution >= 0.6 is 0 Å². The van der Waals surface area contributed by atoms with Crippen molar-refractivity contribution in [2.75, 3.05) is 39.3 Å². The average molecular weight is 374 g/mol. The Labute approximate surface area is 181 Å². The molecule has 0 saturated heterocycles. The van der Waals surface area contributed by atoms with Crippen molar-refractivity contribution in [1.82, 2.24) is 9.80 Å². The largest absolute Gasteiger partial charge is 1.00 e. The van der Waals surface area contributed by atoms with E-state index >= 15 is 0 Å². The molecule has 0 aromatic rings. The Bertz CT molecular complexity index is 328. The van der Waals surface area contributed by atoms with Crippen molar-refractivity contribution in [3.05, 3.63) is 0 Å². The molecular weight excluding hydrogens is 354 g/mol. The van der Waals surface area contributed by atoms with Gasteiger partial charge in [0.25, 0.3) is 0 Å². The smallest absolute Gasteiger partial charge is 0.480 e. The van der Waals surface area contributed by atoms with Gasteiger partial charge in [-0.15, -0.1) is 0 Å². The first-order valence-corrected chi connectivity index (χ1v) is 5.52. The van der Waals surface area contributed by atoms with Gasteiger partial charge in [0.1, 0.15) is 0 Å². The number of nitrogens with zero attached hydrogens (tertiary/aromatic N) is 2. The van der Waals surface area contributed by atoms with Crippen molar-refractivity contribution in [2.45, 2.75) is 0 Å². The van der Waals surface area contributed by atoms with Gasteiger partial charge in [-0.1, -0.05) is 0 Å². The molecule has 0 heterocycles. The molecule has 0 aliphatic carbocycles. The summed E-state index contributed by atoms with van der Waals surface area (Å²) in [7, 11) is 0. The molecule has 0 aliphatic heterocycles. The van der Waals surface area contributed by atoms with Crippen LogP contribution in [0.25, 0.3) is 0 Å². The molecule has 0 aliphatic rings. The molecule has 0 radical (unpaired) electrons.